The first kappa shape index (κ1) is 16.7. The SMILES string of the molecule is CC(=O)Nc1ccc(CC(=O)OCc2cccc3ccccc23)cc1. The van der Waals surface area contributed by atoms with Crippen molar-refractivity contribution in [1.82, 2.24) is 0 Å². The number of carbonyl (C=O) groups excluding carboxylic acids is 2. The van der Waals surface area contributed by atoms with Crippen molar-refractivity contribution in [3.8, 4) is 0 Å². The maximum absolute atomic E-state index is 12.1. The molecule has 3 rings (SSSR count). The van der Waals surface area contributed by atoms with Gasteiger partial charge in [0.15, 0.2) is 0 Å². The van der Waals surface area contributed by atoms with Crippen LogP contribution in [0.4, 0.5) is 5.69 Å². The molecule has 1 N–H and O–H groups in total. The van der Waals surface area contributed by atoms with E-state index in [1.165, 1.54) is 6.92 Å². The van der Waals surface area contributed by atoms with Crippen LogP contribution in [-0.2, 0) is 27.4 Å². The number of esters is 1. The number of carbonyl (C=O) groups is 2. The van der Waals surface area contributed by atoms with Crippen molar-refractivity contribution in [2.75, 3.05) is 5.32 Å². The van der Waals surface area contributed by atoms with E-state index < -0.39 is 0 Å². The maximum Gasteiger partial charge on any atom is 0.310 e. The van der Waals surface area contributed by atoms with E-state index in [0.29, 0.717) is 5.69 Å². The monoisotopic (exact) mass is 333 g/mol. The van der Waals surface area contributed by atoms with Crippen LogP contribution in [0, 0.1) is 0 Å². The second-order valence-electron chi connectivity index (χ2n) is 5.85. The summed E-state index contributed by atoms with van der Waals surface area (Å²) in [5.41, 5.74) is 2.55. The van der Waals surface area contributed by atoms with E-state index in [9.17, 15) is 9.59 Å². The lowest BCUT2D eigenvalue weighted by Gasteiger charge is -2.08. The van der Waals surface area contributed by atoms with Gasteiger partial charge in [-0.05, 0) is 34.0 Å². The molecule has 0 spiro atoms. The van der Waals surface area contributed by atoms with Crippen molar-refractivity contribution in [2.24, 2.45) is 0 Å². The predicted octanol–water partition coefficient (Wildman–Crippen LogP) is 4.08. The molecule has 0 saturated heterocycles. The molecule has 0 aliphatic rings. The molecule has 3 aromatic carbocycles. The lowest BCUT2D eigenvalue weighted by atomic mass is 10.1. The topological polar surface area (TPSA) is 55.4 Å². The Morgan fingerprint density at radius 1 is 0.920 bits per heavy atom. The molecule has 0 fully saturated rings. The van der Waals surface area contributed by atoms with Crippen molar-refractivity contribution in [3.05, 3.63) is 77.9 Å². The van der Waals surface area contributed by atoms with E-state index in [2.05, 4.69) is 5.32 Å². The van der Waals surface area contributed by atoms with E-state index in [4.69, 9.17) is 4.74 Å². The number of amides is 1. The largest absolute Gasteiger partial charge is 0.461 e. The van der Waals surface area contributed by atoms with E-state index in [1.54, 1.807) is 12.1 Å². The normalized spacial score (nSPS) is 10.4. The second-order valence-corrected chi connectivity index (χ2v) is 5.85. The molecule has 1 amide bonds. The number of fused-ring (bicyclic) bond motifs is 1. The molecule has 126 valence electrons. The lowest BCUT2D eigenvalue weighted by molar-refractivity contribution is -0.144. The van der Waals surface area contributed by atoms with Crippen molar-refractivity contribution in [2.45, 2.75) is 20.0 Å². The minimum atomic E-state index is -0.278. The van der Waals surface area contributed by atoms with Crippen LogP contribution >= 0.6 is 0 Å². The van der Waals surface area contributed by atoms with Crippen LogP contribution in [0.1, 0.15) is 18.1 Å². The number of benzene rings is 3. The highest BCUT2D eigenvalue weighted by atomic mass is 16.5. The summed E-state index contributed by atoms with van der Waals surface area (Å²) in [6, 6.07) is 21.2. The molecule has 4 heteroatoms. The van der Waals surface area contributed by atoms with E-state index in [-0.39, 0.29) is 24.9 Å². The molecule has 3 aromatic rings. The Bertz CT molecular complexity index is 895. The molecule has 0 radical (unpaired) electrons. The highest BCUT2D eigenvalue weighted by molar-refractivity contribution is 5.88. The van der Waals surface area contributed by atoms with E-state index in [1.807, 2.05) is 54.6 Å². The van der Waals surface area contributed by atoms with Gasteiger partial charge in [0.05, 0.1) is 6.42 Å². The number of rotatable bonds is 5. The Labute approximate surface area is 146 Å². The summed E-state index contributed by atoms with van der Waals surface area (Å²) < 4.78 is 5.43. The Hall–Kier alpha value is -3.14. The van der Waals surface area contributed by atoms with E-state index in [0.717, 1.165) is 21.9 Å². The van der Waals surface area contributed by atoms with Crippen LogP contribution in [0.5, 0.6) is 0 Å². The fourth-order valence-electron chi connectivity index (χ4n) is 2.70. The van der Waals surface area contributed by atoms with Crippen molar-refractivity contribution < 1.29 is 14.3 Å². The number of ether oxygens (including phenoxy) is 1. The quantitative estimate of drug-likeness (QED) is 0.716. The van der Waals surface area contributed by atoms with Gasteiger partial charge in [0.25, 0.3) is 0 Å². The van der Waals surface area contributed by atoms with Gasteiger partial charge in [-0.3, -0.25) is 9.59 Å². The molecule has 0 unspecified atom stereocenters. The number of anilines is 1. The maximum atomic E-state index is 12.1. The Morgan fingerprint density at radius 3 is 2.40 bits per heavy atom. The fraction of sp³-hybridized carbons (Fsp3) is 0.143. The summed E-state index contributed by atoms with van der Waals surface area (Å²) in [5, 5.41) is 4.92. The van der Waals surface area contributed by atoms with Crippen molar-refractivity contribution in [1.29, 1.82) is 0 Å². The van der Waals surface area contributed by atoms with Gasteiger partial charge >= 0.3 is 5.97 Å². The summed E-state index contributed by atoms with van der Waals surface area (Å²) in [6.45, 7) is 1.71. The third-order valence-corrected chi connectivity index (χ3v) is 3.89. The number of hydrogen-bond acceptors (Lipinski definition) is 3. The smallest absolute Gasteiger partial charge is 0.310 e. The average Bonchev–Trinajstić information content (AvgIpc) is 2.61. The molecule has 0 aliphatic carbocycles. The molecule has 0 heterocycles. The van der Waals surface area contributed by atoms with E-state index >= 15 is 0 Å². The third kappa shape index (κ3) is 4.44. The highest BCUT2D eigenvalue weighted by Crippen LogP contribution is 2.19. The van der Waals surface area contributed by atoms with Crippen molar-refractivity contribution in [3.63, 3.8) is 0 Å². The zero-order valence-electron chi connectivity index (χ0n) is 14.0. The number of nitrogens with one attached hydrogen (secondary N) is 1. The minimum absolute atomic E-state index is 0.123. The summed E-state index contributed by atoms with van der Waals surface area (Å²) in [6.07, 6.45) is 0.200. The molecule has 0 saturated carbocycles. The molecular formula is C21H19NO3. The van der Waals surface area contributed by atoms with Crippen LogP contribution in [0.25, 0.3) is 10.8 Å². The van der Waals surface area contributed by atoms with Gasteiger partial charge in [0, 0.05) is 12.6 Å². The van der Waals surface area contributed by atoms with Gasteiger partial charge in [-0.2, -0.15) is 0 Å². The zero-order chi connectivity index (χ0) is 17.6. The van der Waals surface area contributed by atoms with Gasteiger partial charge < -0.3 is 10.1 Å². The first-order chi connectivity index (χ1) is 12.1. The Kier molecular flexibility index (Phi) is 5.09. The zero-order valence-corrected chi connectivity index (χ0v) is 14.0. The molecule has 25 heavy (non-hydrogen) atoms. The summed E-state index contributed by atoms with van der Waals surface area (Å²) in [5.74, 6) is -0.401. The van der Waals surface area contributed by atoms with Crippen molar-refractivity contribution >= 4 is 28.3 Å². The molecule has 0 aromatic heterocycles. The van der Waals surface area contributed by atoms with Gasteiger partial charge in [-0.25, -0.2) is 0 Å². The summed E-state index contributed by atoms with van der Waals surface area (Å²) in [4.78, 5) is 23.1. The van der Waals surface area contributed by atoms with Gasteiger partial charge in [-0.15, -0.1) is 0 Å². The summed E-state index contributed by atoms with van der Waals surface area (Å²) in [7, 11) is 0. The third-order valence-electron chi connectivity index (χ3n) is 3.89. The lowest BCUT2D eigenvalue weighted by Crippen LogP contribution is -2.09. The standard InChI is InChI=1S/C21H19NO3/c1-15(23)22-19-11-9-16(10-12-19)13-21(24)25-14-18-7-4-6-17-5-2-3-8-20(17)18/h2-12H,13-14H2,1H3,(H,22,23). The van der Waals surface area contributed by atoms with Gasteiger partial charge in [0.2, 0.25) is 5.91 Å². The molecular weight excluding hydrogens is 314 g/mol. The van der Waals surface area contributed by atoms with Gasteiger partial charge in [-0.1, -0.05) is 54.6 Å². The Balaban J connectivity index is 1.60. The highest BCUT2D eigenvalue weighted by Gasteiger charge is 2.07. The fourth-order valence-corrected chi connectivity index (χ4v) is 2.70. The van der Waals surface area contributed by atoms with Crippen LogP contribution in [0.15, 0.2) is 66.7 Å². The van der Waals surface area contributed by atoms with Gasteiger partial charge in [0.1, 0.15) is 6.61 Å². The molecule has 0 bridgehead atoms. The molecule has 0 aliphatic heterocycles. The first-order valence-corrected chi connectivity index (χ1v) is 8.10. The summed E-state index contributed by atoms with van der Waals surface area (Å²) >= 11 is 0. The number of hydrogen-bond donors (Lipinski definition) is 1. The predicted molar refractivity (Wildman–Crippen MR) is 98.2 cm³/mol. The van der Waals surface area contributed by atoms with Crippen LogP contribution in [0.2, 0.25) is 0 Å². The minimum Gasteiger partial charge on any atom is -0.461 e. The Morgan fingerprint density at radius 2 is 1.64 bits per heavy atom. The first-order valence-electron chi connectivity index (χ1n) is 8.10. The molecule has 4 nitrogen and oxygen atoms in total. The average molecular weight is 333 g/mol. The van der Waals surface area contributed by atoms with Crippen LogP contribution in [-0.4, -0.2) is 11.9 Å². The van der Waals surface area contributed by atoms with Crippen LogP contribution in [0.3, 0.4) is 0 Å². The van der Waals surface area contributed by atoms with Crippen LogP contribution < -0.4 is 5.32 Å². The molecule has 0 atom stereocenters. The second kappa shape index (κ2) is 7.62.